The molecule has 1 aromatic rings. The molecule has 1 heterocycles. The number of nitrogens with zero attached hydrogens (tertiary/aromatic N) is 2. The van der Waals surface area contributed by atoms with Gasteiger partial charge in [-0.15, -0.1) is 0 Å². The van der Waals surface area contributed by atoms with E-state index in [9.17, 15) is 4.39 Å². The summed E-state index contributed by atoms with van der Waals surface area (Å²) in [5.74, 6) is 0.446. The maximum absolute atomic E-state index is 13.9. The summed E-state index contributed by atoms with van der Waals surface area (Å²) in [4.78, 5) is 4.68. The molecule has 0 aromatic heterocycles. The lowest BCUT2D eigenvalue weighted by Gasteiger charge is -2.32. The van der Waals surface area contributed by atoms with Crippen molar-refractivity contribution in [3.63, 3.8) is 0 Å². The molecule has 1 aliphatic heterocycles. The minimum absolute atomic E-state index is 0.255. The highest BCUT2D eigenvalue weighted by atomic mass is 19.1. The predicted molar refractivity (Wildman–Crippen MR) is 79.9 cm³/mol. The van der Waals surface area contributed by atoms with Crippen LogP contribution in [0.25, 0.3) is 0 Å². The van der Waals surface area contributed by atoms with E-state index in [1.54, 1.807) is 12.1 Å². The highest BCUT2D eigenvalue weighted by Gasteiger charge is 2.13. The van der Waals surface area contributed by atoms with Crippen LogP contribution < -0.4 is 4.74 Å². The van der Waals surface area contributed by atoms with E-state index in [1.165, 1.54) is 0 Å². The van der Waals surface area contributed by atoms with Gasteiger partial charge in [-0.3, -0.25) is 4.90 Å². The monoisotopic (exact) mass is 280 g/mol. The fraction of sp³-hybridized carbons (Fsp3) is 0.625. The first kappa shape index (κ1) is 15.3. The Hall–Kier alpha value is -1.13. The summed E-state index contributed by atoms with van der Waals surface area (Å²) in [6.07, 6.45) is 0. The molecule has 112 valence electrons. The van der Waals surface area contributed by atoms with Crippen LogP contribution >= 0.6 is 0 Å². The van der Waals surface area contributed by atoms with Crippen molar-refractivity contribution in [2.24, 2.45) is 0 Å². The van der Waals surface area contributed by atoms with Gasteiger partial charge in [0.25, 0.3) is 0 Å². The molecular formula is C16H25FN2O. The largest absolute Gasteiger partial charge is 0.489 e. The second kappa shape index (κ2) is 7.04. The van der Waals surface area contributed by atoms with Crippen molar-refractivity contribution in [2.75, 3.05) is 46.4 Å². The molecule has 0 atom stereocenters. The minimum Gasteiger partial charge on any atom is -0.489 e. The van der Waals surface area contributed by atoms with Gasteiger partial charge >= 0.3 is 0 Å². The van der Waals surface area contributed by atoms with Crippen LogP contribution in [0.5, 0.6) is 5.75 Å². The Morgan fingerprint density at radius 1 is 1.20 bits per heavy atom. The van der Waals surface area contributed by atoms with Crippen molar-refractivity contribution < 1.29 is 9.13 Å². The lowest BCUT2D eigenvalue weighted by molar-refractivity contribution is 0.132. The van der Waals surface area contributed by atoms with Gasteiger partial charge in [0.15, 0.2) is 11.6 Å². The van der Waals surface area contributed by atoms with E-state index in [0.29, 0.717) is 18.3 Å². The van der Waals surface area contributed by atoms with Crippen LogP contribution in [0.15, 0.2) is 18.2 Å². The zero-order valence-corrected chi connectivity index (χ0v) is 12.7. The van der Waals surface area contributed by atoms with Gasteiger partial charge in [-0.2, -0.15) is 0 Å². The topological polar surface area (TPSA) is 15.7 Å². The average molecular weight is 280 g/mol. The van der Waals surface area contributed by atoms with Gasteiger partial charge in [-0.1, -0.05) is 19.9 Å². The second-order valence-corrected chi connectivity index (χ2v) is 5.84. The normalized spacial score (nSPS) is 17.6. The Kier molecular flexibility index (Phi) is 5.38. The summed E-state index contributed by atoms with van der Waals surface area (Å²) in [6.45, 7) is 9.84. The molecule has 2 rings (SSSR count). The van der Waals surface area contributed by atoms with E-state index in [1.807, 2.05) is 6.07 Å². The minimum atomic E-state index is -0.255. The maximum atomic E-state index is 13.9. The highest BCUT2D eigenvalue weighted by Crippen LogP contribution is 2.22. The van der Waals surface area contributed by atoms with Crippen molar-refractivity contribution in [1.29, 1.82) is 0 Å². The van der Waals surface area contributed by atoms with Crippen LogP contribution in [0.2, 0.25) is 0 Å². The van der Waals surface area contributed by atoms with Crippen molar-refractivity contribution in [2.45, 2.75) is 19.8 Å². The summed E-state index contributed by atoms with van der Waals surface area (Å²) in [5.41, 5.74) is 1.01. The molecule has 0 spiro atoms. The number of ether oxygens (including phenoxy) is 1. The summed E-state index contributed by atoms with van der Waals surface area (Å²) < 4.78 is 19.5. The van der Waals surface area contributed by atoms with E-state index < -0.39 is 0 Å². The van der Waals surface area contributed by atoms with Gasteiger partial charge in [0.1, 0.15) is 6.61 Å². The number of likely N-dealkylation sites (N-methyl/N-ethyl adjacent to an activating group) is 1. The molecule has 20 heavy (non-hydrogen) atoms. The molecule has 0 N–H and O–H groups in total. The Balaban J connectivity index is 1.79. The molecule has 0 saturated carbocycles. The van der Waals surface area contributed by atoms with Crippen LogP contribution in [0.1, 0.15) is 25.3 Å². The van der Waals surface area contributed by atoms with E-state index in [0.717, 1.165) is 38.3 Å². The molecular weight excluding hydrogens is 255 g/mol. The van der Waals surface area contributed by atoms with Crippen molar-refractivity contribution in [1.82, 2.24) is 9.80 Å². The van der Waals surface area contributed by atoms with Crippen LogP contribution in [-0.2, 0) is 0 Å². The first-order valence-electron chi connectivity index (χ1n) is 7.39. The fourth-order valence-corrected chi connectivity index (χ4v) is 2.35. The van der Waals surface area contributed by atoms with Crippen molar-refractivity contribution in [3.05, 3.63) is 29.6 Å². The first-order valence-corrected chi connectivity index (χ1v) is 7.39. The predicted octanol–water partition coefficient (Wildman–Crippen LogP) is 2.58. The average Bonchev–Trinajstić information content (AvgIpc) is 2.42. The second-order valence-electron chi connectivity index (χ2n) is 5.84. The van der Waals surface area contributed by atoms with Crippen LogP contribution in [0, 0.1) is 5.82 Å². The van der Waals surface area contributed by atoms with E-state index >= 15 is 0 Å². The molecule has 0 bridgehead atoms. The Morgan fingerprint density at radius 3 is 2.50 bits per heavy atom. The van der Waals surface area contributed by atoms with E-state index in [2.05, 4.69) is 30.7 Å². The van der Waals surface area contributed by atoms with E-state index in [4.69, 9.17) is 4.74 Å². The van der Waals surface area contributed by atoms with Gasteiger partial charge < -0.3 is 9.64 Å². The Morgan fingerprint density at radius 2 is 1.90 bits per heavy atom. The number of piperazine rings is 1. The van der Waals surface area contributed by atoms with Crippen molar-refractivity contribution >= 4 is 0 Å². The smallest absolute Gasteiger partial charge is 0.165 e. The number of benzene rings is 1. The fourth-order valence-electron chi connectivity index (χ4n) is 2.35. The van der Waals surface area contributed by atoms with Gasteiger partial charge in [-0.25, -0.2) is 4.39 Å². The first-order chi connectivity index (χ1) is 9.56. The van der Waals surface area contributed by atoms with Crippen molar-refractivity contribution in [3.8, 4) is 5.75 Å². The van der Waals surface area contributed by atoms with Gasteiger partial charge in [0.2, 0.25) is 0 Å². The number of halogens is 1. The molecule has 1 aliphatic rings. The molecule has 0 radical (unpaired) electrons. The van der Waals surface area contributed by atoms with Crippen LogP contribution in [-0.4, -0.2) is 56.2 Å². The van der Waals surface area contributed by atoms with E-state index in [-0.39, 0.29) is 5.82 Å². The number of rotatable bonds is 5. The summed E-state index contributed by atoms with van der Waals surface area (Å²) in [7, 11) is 2.14. The summed E-state index contributed by atoms with van der Waals surface area (Å²) in [6, 6.07) is 5.27. The van der Waals surface area contributed by atoms with Gasteiger partial charge in [0, 0.05) is 32.7 Å². The lowest BCUT2D eigenvalue weighted by atomic mass is 10.0. The molecule has 0 amide bonds. The van der Waals surface area contributed by atoms with Gasteiger partial charge in [0.05, 0.1) is 0 Å². The molecule has 3 nitrogen and oxygen atoms in total. The van der Waals surface area contributed by atoms with Gasteiger partial charge in [-0.05, 0) is 30.7 Å². The lowest BCUT2D eigenvalue weighted by Crippen LogP contribution is -2.45. The zero-order valence-electron chi connectivity index (χ0n) is 12.7. The molecule has 0 unspecified atom stereocenters. The quantitative estimate of drug-likeness (QED) is 0.824. The third-order valence-electron chi connectivity index (χ3n) is 3.88. The number of hydrogen-bond donors (Lipinski definition) is 0. The van der Waals surface area contributed by atoms with Crippen LogP contribution in [0.3, 0.4) is 0 Å². The molecule has 4 heteroatoms. The molecule has 1 aromatic carbocycles. The molecule has 1 saturated heterocycles. The summed E-state index contributed by atoms with van der Waals surface area (Å²) >= 11 is 0. The Bertz CT molecular complexity index is 428. The Labute approximate surface area is 121 Å². The zero-order chi connectivity index (χ0) is 14.5. The summed E-state index contributed by atoms with van der Waals surface area (Å²) in [5, 5.41) is 0. The van der Waals surface area contributed by atoms with Crippen LogP contribution in [0.4, 0.5) is 4.39 Å². The standard InChI is InChI=1S/C16H25FN2O/c1-13(2)14-4-5-16(15(17)12-14)20-11-10-19-8-6-18(3)7-9-19/h4-5,12-13H,6-11H2,1-3H3. The molecule has 0 aliphatic carbocycles. The third-order valence-corrected chi connectivity index (χ3v) is 3.88. The highest BCUT2D eigenvalue weighted by molar-refractivity contribution is 5.30. The molecule has 1 fully saturated rings. The SMILES string of the molecule is CC(C)c1ccc(OCCN2CCN(C)CC2)c(F)c1. The third kappa shape index (κ3) is 4.18. The maximum Gasteiger partial charge on any atom is 0.165 e. The number of hydrogen-bond acceptors (Lipinski definition) is 3.